The van der Waals surface area contributed by atoms with Crippen molar-refractivity contribution in [1.82, 2.24) is 0 Å². The molecule has 1 aliphatic heterocycles. The van der Waals surface area contributed by atoms with E-state index in [4.69, 9.17) is 15.3 Å². The summed E-state index contributed by atoms with van der Waals surface area (Å²) in [4.78, 5) is 11.4. The molecular formula is C9H10N2O2. The summed E-state index contributed by atoms with van der Waals surface area (Å²) >= 11 is 0. The quantitative estimate of drug-likeness (QED) is 0.626. The van der Waals surface area contributed by atoms with Gasteiger partial charge in [-0.3, -0.25) is 4.79 Å². The largest absolute Gasteiger partial charge is 0.370 e. The van der Waals surface area contributed by atoms with Crippen molar-refractivity contribution in [3.63, 3.8) is 0 Å². The van der Waals surface area contributed by atoms with E-state index in [1.165, 1.54) is 0 Å². The van der Waals surface area contributed by atoms with E-state index in [0.717, 1.165) is 12.8 Å². The third-order valence-corrected chi connectivity index (χ3v) is 2.04. The average Bonchev–Trinajstić information content (AvgIpc) is 2.21. The number of Topliss-reactive ketones (excluding diaryl/α,β-unsaturated/α-hetero) is 1. The predicted octanol–water partition coefficient (Wildman–Crippen LogP) is 0.788. The Morgan fingerprint density at radius 1 is 1.38 bits per heavy atom. The number of ether oxygens (including phenoxy) is 1. The highest BCUT2D eigenvalue weighted by atomic mass is 16.5. The molecule has 13 heavy (non-hydrogen) atoms. The van der Waals surface area contributed by atoms with Gasteiger partial charge in [0.25, 0.3) is 0 Å². The van der Waals surface area contributed by atoms with Gasteiger partial charge in [-0.25, -0.2) is 0 Å². The zero-order valence-corrected chi connectivity index (χ0v) is 7.19. The lowest BCUT2D eigenvalue weighted by molar-refractivity contribution is -0.134. The highest BCUT2D eigenvalue weighted by Gasteiger charge is 2.28. The van der Waals surface area contributed by atoms with E-state index in [9.17, 15) is 4.79 Å². The molecule has 0 bridgehead atoms. The Kier molecular flexibility index (Phi) is 3.42. The molecule has 1 unspecified atom stereocenters. The van der Waals surface area contributed by atoms with E-state index in [2.05, 4.69) is 0 Å². The second kappa shape index (κ2) is 4.59. The second-order valence-electron chi connectivity index (χ2n) is 2.95. The maximum absolute atomic E-state index is 11.4. The van der Waals surface area contributed by atoms with E-state index in [1.807, 2.05) is 0 Å². The lowest BCUT2D eigenvalue weighted by Crippen LogP contribution is -2.32. The molecular weight excluding hydrogens is 168 g/mol. The molecule has 0 aromatic rings. The smallest absolute Gasteiger partial charge is 0.193 e. The summed E-state index contributed by atoms with van der Waals surface area (Å²) in [5, 5.41) is 17.0. The minimum atomic E-state index is -1.16. The first-order valence-electron chi connectivity index (χ1n) is 4.24. The fraction of sp³-hybridized carbons (Fsp3) is 0.667. The number of carbonyl (C=O) groups excluding carboxylic acids is 1. The molecule has 1 atom stereocenters. The van der Waals surface area contributed by atoms with Crippen LogP contribution in [-0.2, 0) is 9.53 Å². The molecule has 0 aromatic carbocycles. The molecule has 0 saturated carbocycles. The van der Waals surface area contributed by atoms with Gasteiger partial charge >= 0.3 is 0 Å². The van der Waals surface area contributed by atoms with Crippen LogP contribution in [0.4, 0.5) is 0 Å². The highest BCUT2D eigenvalue weighted by molar-refractivity contribution is 5.89. The number of ketones is 1. The van der Waals surface area contributed by atoms with Crippen molar-refractivity contribution in [2.24, 2.45) is 5.92 Å². The summed E-state index contributed by atoms with van der Waals surface area (Å²) in [5.41, 5.74) is 0. The Morgan fingerprint density at radius 2 is 2.08 bits per heavy atom. The van der Waals surface area contributed by atoms with Gasteiger partial charge in [-0.1, -0.05) is 0 Å². The number of hydrogen-bond acceptors (Lipinski definition) is 4. The van der Waals surface area contributed by atoms with Gasteiger partial charge in [0.2, 0.25) is 0 Å². The van der Waals surface area contributed by atoms with Crippen molar-refractivity contribution in [2.45, 2.75) is 25.4 Å². The van der Waals surface area contributed by atoms with Gasteiger partial charge in [-0.15, -0.1) is 0 Å². The minimum absolute atomic E-state index is 0.385. The third kappa shape index (κ3) is 2.27. The summed E-state index contributed by atoms with van der Waals surface area (Å²) in [7, 11) is 0. The van der Waals surface area contributed by atoms with Gasteiger partial charge in [0.15, 0.2) is 11.7 Å². The lowest BCUT2D eigenvalue weighted by Gasteiger charge is -2.21. The van der Waals surface area contributed by atoms with Crippen LogP contribution in [0, 0.1) is 28.6 Å². The van der Waals surface area contributed by atoms with Gasteiger partial charge in [-0.2, -0.15) is 10.5 Å². The van der Waals surface area contributed by atoms with Crippen molar-refractivity contribution >= 4 is 5.78 Å². The maximum atomic E-state index is 11.4. The molecule has 68 valence electrons. The van der Waals surface area contributed by atoms with Crippen LogP contribution in [0.5, 0.6) is 0 Å². The number of nitrogens with zero attached hydrogens (tertiary/aromatic N) is 2. The van der Waals surface area contributed by atoms with Crippen molar-refractivity contribution in [1.29, 1.82) is 10.5 Å². The first-order valence-corrected chi connectivity index (χ1v) is 4.24. The number of rotatable bonds is 2. The molecule has 4 heteroatoms. The Morgan fingerprint density at radius 3 is 2.54 bits per heavy atom. The lowest BCUT2D eigenvalue weighted by atomic mass is 9.97. The molecule has 1 heterocycles. The molecule has 0 N–H and O–H groups in total. The molecule has 0 amide bonds. The highest BCUT2D eigenvalue weighted by Crippen LogP contribution is 2.16. The Balaban J connectivity index is 2.56. The third-order valence-electron chi connectivity index (χ3n) is 2.04. The number of hydrogen-bond donors (Lipinski definition) is 0. The van der Waals surface area contributed by atoms with Gasteiger partial charge < -0.3 is 4.74 Å². The van der Waals surface area contributed by atoms with E-state index >= 15 is 0 Å². The van der Waals surface area contributed by atoms with E-state index in [0.29, 0.717) is 13.0 Å². The minimum Gasteiger partial charge on any atom is -0.370 e. The Bertz CT molecular complexity index is 254. The first kappa shape index (κ1) is 9.70. The second-order valence-corrected chi connectivity index (χ2v) is 2.95. The Labute approximate surface area is 76.7 Å². The molecule has 1 rings (SSSR count). The average molecular weight is 178 g/mol. The van der Waals surface area contributed by atoms with Gasteiger partial charge in [0.05, 0.1) is 12.1 Å². The summed E-state index contributed by atoms with van der Waals surface area (Å²) < 4.78 is 5.17. The standard InChI is InChI=1S/C9H10N2O2/c10-5-7(6-11)9(12)8-3-1-2-4-13-8/h7-8H,1-4H2. The topological polar surface area (TPSA) is 73.9 Å². The van der Waals surface area contributed by atoms with Crippen molar-refractivity contribution in [3.05, 3.63) is 0 Å². The van der Waals surface area contributed by atoms with E-state index in [-0.39, 0.29) is 5.78 Å². The summed E-state index contributed by atoms with van der Waals surface area (Å²) in [5.74, 6) is -1.55. The van der Waals surface area contributed by atoms with E-state index < -0.39 is 12.0 Å². The molecule has 0 radical (unpaired) electrons. The SMILES string of the molecule is N#CC(C#N)C(=O)C1CCCCO1. The fourth-order valence-electron chi connectivity index (χ4n) is 1.31. The molecule has 0 spiro atoms. The molecule has 1 saturated heterocycles. The van der Waals surface area contributed by atoms with Crippen LogP contribution < -0.4 is 0 Å². The van der Waals surface area contributed by atoms with Crippen LogP contribution >= 0.6 is 0 Å². The zero-order chi connectivity index (χ0) is 9.68. The van der Waals surface area contributed by atoms with Crippen LogP contribution in [0.2, 0.25) is 0 Å². The number of nitriles is 2. The van der Waals surface area contributed by atoms with Crippen LogP contribution in [0.1, 0.15) is 19.3 Å². The van der Waals surface area contributed by atoms with Gasteiger partial charge in [0, 0.05) is 6.61 Å². The predicted molar refractivity (Wildman–Crippen MR) is 43.3 cm³/mol. The Hall–Kier alpha value is -1.39. The zero-order valence-electron chi connectivity index (χ0n) is 7.19. The van der Waals surface area contributed by atoms with Crippen LogP contribution in [0.3, 0.4) is 0 Å². The van der Waals surface area contributed by atoms with Crippen LogP contribution in [0.15, 0.2) is 0 Å². The summed E-state index contributed by atoms with van der Waals surface area (Å²) in [6, 6.07) is 3.32. The molecule has 1 fully saturated rings. The number of carbonyl (C=O) groups is 1. The van der Waals surface area contributed by atoms with Crippen molar-refractivity contribution < 1.29 is 9.53 Å². The van der Waals surface area contributed by atoms with Crippen LogP contribution in [0.25, 0.3) is 0 Å². The fourth-order valence-corrected chi connectivity index (χ4v) is 1.31. The normalized spacial score (nSPS) is 21.9. The van der Waals surface area contributed by atoms with Crippen molar-refractivity contribution in [3.8, 4) is 12.1 Å². The monoisotopic (exact) mass is 178 g/mol. The molecule has 4 nitrogen and oxygen atoms in total. The maximum Gasteiger partial charge on any atom is 0.193 e. The first-order chi connectivity index (χ1) is 6.29. The molecule has 1 aliphatic rings. The van der Waals surface area contributed by atoms with E-state index in [1.54, 1.807) is 12.1 Å². The summed E-state index contributed by atoms with van der Waals surface area (Å²) in [6.45, 7) is 0.556. The summed E-state index contributed by atoms with van der Waals surface area (Å²) in [6.07, 6.45) is 1.99. The molecule has 0 aliphatic carbocycles. The van der Waals surface area contributed by atoms with Gasteiger partial charge in [0.1, 0.15) is 6.10 Å². The van der Waals surface area contributed by atoms with Crippen molar-refractivity contribution in [2.75, 3.05) is 6.61 Å². The van der Waals surface area contributed by atoms with Crippen LogP contribution in [-0.4, -0.2) is 18.5 Å². The molecule has 0 aromatic heterocycles. The van der Waals surface area contributed by atoms with Gasteiger partial charge in [-0.05, 0) is 19.3 Å².